The molecule has 6 heteroatoms. The van der Waals surface area contributed by atoms with Gasteiger partial charge in [-0.05, 0) is 45.8 Å². The minimum absolute atomic E-state index is 0.124. The van der Waals surface area contributed by atoms with Crippen molar-refractivity contribution in [2.45, 2.75) is 45.2 Å². The number of nitrogens with zero attached hydrogens (tertiary/aromatic N) is 2. The van der Waals surface area contributed by atoms with Gasteiger partial charge in [0.2, 0.25) is 10.0 Å². The van der Waals surface area contributed by atoms with Crippen molar-refractivity contribution in [1.29, 1.82) is 0 Å². The summed E-state index contributed by atoms with van der Waals surface area (Å²) in [6.07, 6.45) is 3.07. The summed E-state index contributed by atoms with van der Waals surface area (Å²) in [6.45, 7) is 8.50. The third-order valence-electron chi connectivity index (χ3n) is 4.24. The highest BCUT2D eigenvalue weighted by Gasteiger charge is 2.39. The zero-order valence-electron chi connectivity index (χ0n) is 12.1. The molecular weight excluding hydrogens is 262 g/mol. The molecule has 2 aliphatic heterocycles. The van der Waals surface area contributed by atoms with Crippen molar-refractivity contribution < 1.29 is 8.42 Å². The van der Waals surface area contributed by atoms with Crippen LogP contribution in [0.3, 0.4) is 0 Å². The van der Waals surface area contributed by atoms with Crippen LogP contribution in [-0.2, 0) is 10.0 Å². The molecule has 2 heterocycles. The average Bonchev–Trinajstić information content (AvgIpc) is 2.80. The smallest absolute Gasteiger partial charge is 0.214 e. The van der Waals surface area contributed by atoms with E-state index in [9.17, 15) is 8.42 Å². The second-order valence-electron chi connectivity index (χ2n) is 5.73. The molecule has 2 atom stereocenters. The molecule has 0 saturated carbocycles. The molecule has 0 radical (unpaired) electrons. The third-order valence-corrected chi connectivity index (χ3v) is 6.27. The van der Waals surface area contributed by atoms with Crippen LogP contribution in [-0.4, -0.2) is 68.2 Å². The van der Waals surface area contributed by atoms with Crippen molar-refractivity contribution in [2.24, 2.45) is 0 Å². The molecule has 0 spiro atoms. The molecule has 0 aromatic rings. The van der Waals surface area contributed by atoms with Gasteiger partial charge in [0.05, 0.1) is 5.75 Å². The van der Waals surface area contributed by atoms with Crippen LogP contribution >= 0.6 is 0 Å². The number of nitrogens with one attached hydrogen (secondary N) is 1. The predicted molar refractivity (Wildman–Crippen MR) is 77.7 cm³/mol. The maximum Gasteiger partial charge on any atom is 0.214 e. The van der Waals surface area contributed by atoms with Crippen LogP contribution in [0.4, 0.5) is 0 Å². The normalized spacial score (nSPS) is 29.6. The maximum absolute atomic E-state index is 12.4. The van der Waals surface area contributed by atoms with E-state index in [1.165, 1.54) is 6.42 Å². The summed E-state index contributed by atoms with van der Waals surface area (Å²) >= 11 is 0. The topological polar surface area (TPSA) is 52.7 Å². The third kappa shape index (κ3) is 3.68. The molecule has 0 aromatic carbocycles. The Kier molecular flexibility index (Phi) is 5.22. The molecule has 1 N–H and O–H groups in total. The molecule has 2 rings (SSSR count). The second kappa shape index (κ2) is 6.52. The Labute approximate surface area is 117 Å². The van der Waals surface area contributed by atoms with Gasteiger partial charge in [0.25, 0.3) is 0 Å². The first-order valence-electron chi connectivity index (χ1n) is 7.49. The van der Waals surface area contributed by atoms with E-state index in [1.807, 2.05) is 13.8 Å². The van der Waals surface area contributed by atoms with Gasteiger partial charge in [-0.2, -0.15) is 4.31 Å². The molecule has 112 valence electrons. The van der Waals surface area contributed by atoms with Gasteiger partial charge in [-0.25, -0.2) is 8.42 Å². The molecule has 2 unspecified atom stereocenters. The van der Waals surface area contributed by atoms with Crippen LogP contribution in [0, 0.1) is 0 Å². The van der Waals surface area contributed by atoms with Crippen LogP contribution in [0.2, 0.25) is 0 Å². The monoisotopic (exact) mass is 289 g/mol. The van der Waals surface area contributed by atoms with Gasteiger partial charge in [0.15, 0.2) is 0 Å². The first-order chi connectivity index (χ1) is 9.04. The van der Waals surface area contributed by atoms with Gasteiger partial charge in [-0.3, -0.25) is 4.90 Å². The zero-order valence-corrected chi connectivity index (χ0v) is 13.0. The molecule has 0 aromatic heterocycles. The first-order valence-corrected chi connectivity index (χ1v) is 9.10. The molecule has 2 saturated heterocycles. The fourth-order valence-electron chi connectivity index (χ4n) is 3.22. The van der Waals surface area contributed by atoms with Gasteiger partial charge in [0.1, 0.15) is 0 Å². The molecule has 0 bridgehead atoms. The van der Waals surface area contributed by atoms with E-state index < -0.39 is 10.0 Å². The van der Waals surface area contributed by atoms with E-state index in [4.69, 9.17) is 0 Å². The lowest BCUT2D eigenvalue weighted by Gasteiger charge is -2.41. The van der Waals surface area contributed by atoms with E-state index in [-0.39, 0.29) is 11.8 Å². The minimum atomic E-state index is -3.08. The van der Waals surface area contributed by atoms with Gasteiger partial charge < -0.3 is 5.32 Å². The predicted octanol–water partition coefficient (Wildman–Crippen LogP) is 0.484. The highest BCUT2D eigenvalue weighted by atomic mass is 32.2. The van der Waals surface area contributed by atoms with Crippen LogP contribution < -0.4 is 5.32 Å². The van der Waals surface area contributed by atoms with E-state index in [2.05, 4.69) is 10.2 Å². The molecule has 2 fully saturated rings. The van der Waals surface area contributed by atoms with Gasteiger partial charge in [-0.15, -0.1) is 0 Å². The fourth-order valence-corrected chi connectivity index (χ4v) is 4.98. The number of piperazine rings is 1. The van der Waals surface area contributed by atoms with E-state index in [0.717, 1.165) is 32.6 Å². The van der Waals surface area contributed by atoms with E-state index in [1.54, 1.807) is 4.31 Å². The lowest BCUT2D eigenvalue weighted by molar-refractivity contribution is 0.117. The highest BCUT2D eigenvalue weighted by Crippen LogP contribution is 2.26. The number of fused-ring (bicyclic) bond motifs is 1. The summed E-state index contributed by atoms with van der Waals surface area (Å²) in [6, 6.07) is 0.582. The fraction of sp³-hybridized carbons (Fsp3) is 1.00. The number of rotatable bonds is 6. The van der Waals surface area contributed by atoms with Crippen molar-refractivity contribution in [2.75, 3.05) is 38.5 Å². The Balaban J connectivity index is 1.91. The Hall–Kier alpha value is -0.170. The Morgan fingerprint density at radius 2 is 2.11 bits per heavy atom. The largest absolute Gasteiger partial charge is 0.317 e. The van der Waals surface area contributed by atoms with Crippen molar-refractivity contribution in [3.05, 3.63) is 0 Å². The molecule has 19 heavy (non-hydrogen) atoms. The standard InChI is InChI=1S/C13H27N3O2S/c1-3-14-7-5-9-19(17,18)16-11-13-6-4-8-15(13)10-12(16)2/h12-14H,3-11H2,1-2H3. The number of sulfonamides is 1. The summed E-state index contributed by atoms with van der Waals surface area (Å²) in [5.41, 5.74) is 0. The highest BCUT2D eigenvalue weighted by molar-refractivity contribution is 7.89. The summed E-state index contributed by atoms with van der Waals surface area (Å²) in [5, 5.41) is 3.18. The summed E-state index contributed by atoms with van der Waals surface area (Å²) < 4.78 is 26.6. The molecule has 5 nitrogen and oxygen atoms in total. The van der Waals surface area contributed by atoms with Crippen molar-refractivity contribution in [1.82, 2.24) is 14.5 Å². The number of hydrogen-bond acceptors (Lipinski definition) is 4. The number of hydrogen-bond donors (Lipinski definition) is 1. The van der Waals surface area contributed by atoms with Gasteiger partial charge in [0, 0.05) is 25.2 Å². The quantitative estimate of drug-likeness (QED) is 0.723. The first kappa shape index (κ1) is 15.2. The van der Waals surface area contributed by atoms with Crippen LogP contribution in [0.25, 0.3) is 0 Å². The minimum Gasteiger partial charge on any atom is -0.317 e. The Bertz CT molecular complexity index is 385. The van der Waals surface area contributed by atoms with Crippen molar-refractivity contribution >= 4 is 10.0 Å². The summed E-state index contributed by atoms with van der Waals surface area (Å²) in [7, 11) is -3.08. The molecular formula is C13H27N3O2S. The lowest BCUT2D eigenvalue weighted by atomic mass is 10.1. The zero-order chi connectivity index (χ0) is 13.9. The SMILES string of the molecule is CCNCCCS(=O)(=O)N1CC2CCCN2CC1C. The van der Waals surface area contributed by atoms with Crippen LogP contribution in [0.5, 0.6) is 0 Å². The molecule has 2 aliphatic rings. The Morgan fingerprint density at radius 3 is 2.84 bits per heavy atom. The average molecular weight is 289 g/mol. The van der Waals surface area contributed by atoms with Crippen LogP contribution in [0.15, 0.2) is 0 Å². The molecule has 0 aliphatic carbocycles. The Morgan fingerprint density at radius 1 is 1.32 bits per heavy atom. The van der Waals surface area contributed by atoms with Crippen molar-refractivity contribution in [3.63, 3.8) is 0 Å². The summed E-state index contributed by atoms with van der Waals surface area (Å²) in [5.74, 6) is 0.275. The van der Waals surface area contributed by atoms with Gasteiger partial charge in [-0.1, -0.05) is 6.92 Å². The molecule has 0 amide bonds. The van der Waals surface area contributed by atoms with E-state index >= 15 is 0 Å². The van der Waals surface area contributed by atoms with Crippen LogP contribution in [0.1, 0.15) is 33.1 Å². The summed E-state index contributed by atoms with van der Waals surface area (Å²) in [4.78, 5) is 2.45. The maximum atomic E-state index is 12.4. The second-order valence-corrected chi connectivity index (χ2v) is 7.77. The van der Waals surface area contributed by atoms with Gasteiger partial charge >= 0.3 is 0 Å². The van der Waals surface area contributed by atoms with E-state index in [0.29, 0.717) is 19.0 Å². The lowest BCUT2D eigenvalue weighted by Crippen LogP contribution is -2.57. The van der Waals surface area contributed by atoms with Crippen molar-refractivity contribution in [3.8, 4) is 0 Å².